The predicted molar refractivity (Wildman–Crippen MR) is 113 cm³/mol. The average Bonchev–Trinajstić information content (AvgIpc) is 3.03. The van der Waals surface area contributed by atoms with E-state index in [2.05, 4.69) is 20.1 Å². The molecule has 3 aromatic rings. The van der Waals surface area contributed by atoms with Gasteiger partial charge in [0.1, 0.15) is 16.5 Å². The van der Waals surface area contributed by atoms with Crippen LogP contribution in [0.15, 0.2) is 52.5 Å². The van der Waals surface area contributed by atoms with Crippen LogP contribution in [0.25, 0.3) is 0 Å². The average molecular weight is 445 g/mol. The number of aliphatic imine (C=N–C) groups is 1. The molecule has 162 valence electrons. The van der Waals surface area contributed by atoms with Crippen LogP contribution in [0.3, 0.4) is 0 Å². The van der Waals surface area contributed by atoms with E-state index in [4.69, 9.17) is 0 Å². The molecule has 10 heteroatoms. The zero-order valence-electron chi connectivity index (χ0n) is 17.1. The third kappa shape index (κ3) is 4.02. The van der Waals surface area contributed by atoms with Crippen molar-refractivity contribution in [3.8, 4) is 0 Å². The summed E-state index contributed by atoms with van der Waals surface area (Å²) < 4.78 is 58.0. The Labute approximate surface area is 178 Å². The molecule has 7 nitrogen and oxygen atoms in total. The van der Waals surface area contributed by atoms with Gasteiger partial charge in [0.15, 0.2) is 0 Å². The summed E-state index contributed by atoms with van der Waals surface area (Å²) in [5, 5.41) is 7.22. The molecular formula is C21H21F2N5O2S. The van der Waals surface area contributed by atoms with Crippen LogP contribution in [-0.4, -0.2) is 24.2 Å². The van der Waals surface area contributed by atoms with Crippen molar-refractivity contribution in [3.05, 3.63) is 76.6 Å². The molecule has 0 saturated carbocycles. The first kappa shape index (κ1) is 21.0. The van der Waals surface area contributed by atoms with Crippen LogP contribution in [0, 0.1) is 18.6 Å². The van der Waals surface area contributed by atoms with E-state index < -0.39 is 27.6 Å². The van der Waals surface area contributed by atoms with Crippen molar-refractivity contribution >= 4 is 21.7 Å². The van der Waals surface area contributed by atoms with Gasteiger partial charge in [0.2, 0.25) is 5.96 Å². The second-order valence-electron chi connectivity index (χ2n) is 7.42. The van der Waals surface area contributed by atoms with Gasteiger partial charge in [-0.15, -0.1) is 0 Å². The maximum absolute atomic E-state index is 15.0. The highest BCUT2D eigenvalue weighted by Gasteiger charge is 2.32. The largest absolute Gasteiger partial charge is 0.324 e. The molecule has 2 N–H and O–H groups in total. The fourth-order valence-electron chi connectivity index (χ4n) is 3.75. The molecule has 0 aliphatic carbocycles. The predicted octanol–water partition coefficient (Wildman–Crippen LogP) is 3.42. The molecule has 4 rings (SSSR count). The summed E-state index contributed by atoms with van der Waals surface area (Å²) in [6, 6.07) is 8.21. The van der Waals surface area contributed by atoms with Gasteiger partial charge in [-0.1, -0.05) is 19.1 Å². The minimum absolute atomic E-state index is 0.0415. The van der Waals surface area contributed by atoms with E-state index in [9.17, 15) is 17.2 Å². The number of aromatic nitrogens is 2. The van der Waals surface area contributed by atoms with Gasteiger partial charge in [0.05, 0.1) is 17.9 Å². The highest BCUT2D eigenvalue weighted by Crippen LogP contribution is 2.38. The van der Waals surface area contributed by atoms with Crippen LogP contribution < -0.4 is 10.0 Å². The molecule has 31 heavy (non-hydrogen) atoms. The van der Waals surface area contributed by atoms with Crippen molar-refractivity contribution in [1.29, 1.82) is 0 Å². The minimum atomic E-state index is -3.97. The van der Waals surface area contributed by atoms with Gasteiger partial charge in [-0.3, -0.25) is 4.68 Å². The SMILES string of the molecule is Cc1nn(C)cc1[C@H](C)c1c(F)ccc2c1NC(=NCc1cccc(F)c1)NS2(=O)=O. The lowest BCUT2D eigenvalue weighted by Gasteiger charge is -2.26. The quantitative estimate of drug-likeness (QED) is 0.644. The number of nitrogens with zero attached hydrogens (tertiary/aromatic N) is 3. The van der Waals surface area contributed by atoms with Crippen LogP contribution in [0.5, 0.6) is 0 Å². The second-order valence-corrected chi connectivity index (χ2v) is 9.08. The Morgan fingerprint density at radius 2 is 2.00 bits per heavy atom. The molecule has 1 aliphatic heterocycles. The zero-order chi connectivity index (χ0) is 22.3. The standard InChI is InChI=1S/C21H21F2N5O2S/c1-12(16-11-28(3)26-13(16)2)19-17(23)7-8-18-20(19)25-21(27-31(18,29)30)24-10-14-5-4-6-15(22)9-14/h4-9,11-12H,10H2,1-3H3,(H2,24,25,27)/t12-/m0/s1. The molecule has 1 aliphatic rings. The summed E-state index contributed by atoms with van der Waals surface area (Å²) in [7, 11) is -2.20. The lowest BCUT2D eigenvalue weighted by molar-refractivity contribution is 0.586. The first-order valence-corrected chi connectivity index (χ1v) is 11.1. The molecule has 1 aromatic heterocycles. The number of hydrogen-bond donors (Lipinski definition) is 2. The van der Waals surface area contributed by atoms with Gasteiger partial charge >= 0.3 is 0 Å². The molecule has 0 spiro atoms. The number of nitrogens with one attached hydrogen (secondary N) is 2. The minimum Gasteiger partial charge on any atom is -0.324 e. The number of halogens is 2. The van der Waals surface area contributed by atoms with Crippen LogP contribution >= 0.6 is 0 Å². The van der Waals surface area contributed by atoms with E-state index >= 15 is 0 Å². The van der Waals surface area contributed by atoms with Crippen molar-refractivity contribution in [1.82, 2.24) is 14.5 Å². The molecule has 0 fully saturated rings. The molecule has 1 atom stereocenters. The Balaban J connectivity index is 1.77. The summed E-state index contributed by atoms with van der Waals surface area (Å²) in [5.41, 5.74) is 2.41. The van der Waals surface area contributed by atoms with E-state index in [0.717, 1.165) is 17.3 Å². The normalized spacial score (nSPS) is 17.0. The van der Waals surface area contributed by atoms with Gasteiger partial charge in [0, 0.05) is 30.3 Å². The molecule has 0 radical (unpaired) electrons. The van der Waals surface area contributed by atoms with Gasteiger partial charge in [-0.25, -0.2) is 26.9 Å². The number of guanidine groups is 1. The maximum atomic E-state index is 15.0. The Bertz CT molecular complexity index is 1300. The number of anilines is 1. The van der Waals surface area contributed by atoms with Crippen LogP contribution in [-0.2, 0) is 23.6 Å². The van der Waals surface area contributed by atoms with E-state index in [1.807, 2.05) is 6.92 Å². The Hall–Kier alpha value is -3.27. The highest BCUT2D eigenvalue weighted by atomic mass is 32.2. The van der Waals surface area contributed by atoms with Gasteiger partial charge in [0.25, 0.3) is 10.0 Å². The summed E-state index contributed by atoms with van der Waals surface area (Å²) in [6.07, 6.45) is 1.79. The summed E-state index contributed by atoms with van der Waals surface area (Å²) >= 11 is 0. The van der Waals surface area contributed by atoms with Crippen LogP contribution in [0.2, 0.25) is 0 Å². The zero-order valence-corrected chi connectivity index (χ0v) is 18.0. The molecule has 0 bridgehead atoms. The van der Waals surface area contributed by atoms with Crippen molar-refractivity contribution in [2.45, 2.75) is 31.2 Å². The number of rotatable bonds is 4. The Kier molecular flexibility index (Phi) is 5.26. The monoisotopic (exact) mass is 445 g/mol. The number of hydrogen-bond acceptors (Lipinski definition) is 4. The molecule has 0 unspecified atom stereocenters. The Morgan fingerprint density at radius 1 is 1.23 bits per heavy atom. The maximum Gasteiger partial charge on any atom is 0.266 e. The molecule has 0 saturated heterocycles. The van der Waals surface area contributed by atoms with Gasteiger partial charge < -0.3 is 5.32 Å². The number of fused-ring (bicyclic) bond motifs is 1. The smallest absolute Gasteiger partial charge is 0.266 e. The topological polar surface area (TPSA) is 88.4 Å². The van der Waals surface area contributed by atoms with Crippen molar-refractivity contribution < 1.29 is 17.2 Å². The lowest BCUT2D eigenvalue weighted by Crippen LogP contribution is -2.41. The van der Waals surface area contributed by atoms with Crippen LogP contribution in [0.4, 0.5) is 14.5 Å². The fourth-order valence-corrected chi connectivity index (χ4v) is 4.91. The van der Waals surface area contributed by atoms with Gasteiger partial charge in [-0.05, 0) is 36.8 Å². The third-order valence-corrected chi connectivity index (χ3v) is 6.56. The molecular weight excluding hydrogens is 424 g/mol. The summed E-state index contributed by atoms with van der Waals surface area (Å²) in [5.74, 6) is -1.47. The van der Waals surface area contributed by atoms with E-state index in [0.29, 0.717) is 5.56 Å². The first-order chi connectivity index (χ1) is 14.7. The molecule has 2 aromatic carbocycles. The van der Waals surface area contributed by atoms with Crippen molar-refractivity contribution in [3.63, 3.8) is 0 Å². The first-order valence-electron chi connectivity index (χ1n) is 9.57. The van der Waals surface area contributed by atoms with Gasteiger partial charge in [-0.2, -0.15) is 5.10 Å². The highest BCUT2D eigenvalue weighted by molar-refractivity contribution is 7.90. The second kappa shape index (κ2) is 7.77. The van der Waals surface area contributed by atoms with Crippen LogP contribution in [0.1, 0.15) is 35.2 Å². The summed E-state index contributed by atoms with van der Waals surface area (Å²) in [6.45, 7) is 3.65. The Morgan fingerprint density at radius 3 is 2.68 bits per heavy atom. The number of sulfonamides is 1. The van der Waals surface area contributed by atoms with E-state index in [-0.39, 0.29) is 28.7 Å². The molecule has 2 heterocycles. The van der Waals surface area contributed by atoms with Crippen molar-refractivity contribution in [2.75, 3.05) is 5.32 Å². The lowest BCUT2D eigenvalue weighted by atomic mass is 9.91. The summed E-state index contributed by atoms with van der Waals surface area (Å²) in [4.78, 5) is 4.16. The van der Waals surface area contributed by atoms with Crippen molar-refractivity contribution in [2.24, 2.45) is 12.0 Å². The fraction of sp³-hybridized carbons (Fsp3) is 0.238. The number of aryl methyl sites for hydroxylation is 2. The molecule has 0 amide bonds. The van der Waals surface area contributed by atoms with E-state index in [1.165, 1.54) is 18.2 Å². The third-order valence-electron chi connectivity index (χ3n) is 5.18. The number of benzene rings is 2. The van der Waals surface area contributed by atoms with E-state index in [1.54, 1.807) is 37.0 Å².